The number of alkyl halides is 10. The van der Waals surface area contributed by atoms with E-state index in [-0.39, 0.29) is 0 Å². The normalized spacial score (nSPS) is 22.7. The molecule has 0 saturated carbocycles. The molecule has 10 heteroatoms. The Morgan fingerprint density at radius 2 is 1.07 bits per heavy atom. The third-order valence-electron chi connectivity index (χ3n) is 1.11. The molecule has 0 aliphatic rings. The van der Waals surface area contributed by atoms with Crippen LogP contribution in [0.3, 0.4) is 0 Å². The van der Waals surface area contributed by atoms with Gasteiger partial charge in [0.2, 0.25) is 0 Å². The van der Waals surface area contributed by atoms with Gasteiger partial charge in [-0.1, -0.05) is 11.6 Å². The number of hydrogen-bond acceptors (Lipinski definition) is 0. The van der Waals surface area contributed by atoms with Crippen molar-refractivity contribution < 1.29 is 26.3 Å². The van der Waals surface area contributed by atoms with Crippen LogP contribution >= 0.6 is 55.1 Å². The molecular formula is C4Br2Cl2F6. The summed E-state index contributed by atoms with van der Waals surface area (Å²) in [4.78, 5) is 0. The van der Waals surface area contributed by atoms with Crippen molar-refractivity contribution in [3.63, 3.8) is 0 Å². The summed E-state index contributed by atoms with van der Waals surface area (Å²) in [6.07, 6.45) is 0. The van der Waals surface area contributed by atoms with Crippen LogP contribution in [0.1, 0.15) is 0 Å². The summed E-state index contributed by atoms with van der Waals surface area (Å²) in [5.74, 6) is -5.30. The summed E-state index contributed by atoms with van der Waals surface area (Å²) in [7, 11) is 0. The maximum absolute atomic E-state index is 12.8. The fourth-order valence-corrected chi connectivity index (χ4v) is 1.53. The maximum atomic E-state index is 12.8. The Morgan fingerprint density at radius 1 is 0.786 bits per heavy atom. The van der Waals surface area contributed by atoms with Crippen LogP contribution in [0.2, 0.25) is 0 Å². The smallest absolute Gasteiger partial charge is 0.216 e. The first-order chi connectivity index (χ1) is 5.75. The van der Waals surface area contributed by atoms with Crippen LogP contribution in [-0.2, 0) is 0 Å². The quantitative estimate of drug-likeness (QED) is 0.479. The maximum Gasteiger partial charge on any atom is 0.371 e. The van der Waals surface area contributed by atoms with Crippen molar-refractivity contribution in [2.24, 2.45) is 0 Å². The Kier molecular flexibility index (Phi) is 4.16. The van der Waals surface area contributed by atoms with Crippen LogP contribution in [0.15, 0.2) is 0 Å². The molecule has 0 amide bonds. The standard InChI is InChI=1S/C4Br2Cl2F6/c5-1(9,4(8,13)14)2(10,11)3(6,7)12/t1-,3+/m0/s1. The number of halogens is 10. The molecule has 0 aromatic carbocycles. The predicted molar refractivity (Wildman–Crippen MR) is 47.1 cm³/mol. The highest BCUT2D eigenvalue weighted by molar-refractivity contribution is 9.11. The molecule has 0 spiro atoms. The monoisotopic (exact) mass is 390 g/mol. The Labute approximate surface area is 101 Å². The van der Waals surface area contributed by atoms with Crippen molar-refractivity contribution in [2.45, 2.75) is 19.9 Å². The first-order valence-corrected chi connectivity index (χ1v) is 4.98. The number of rotatable bonds is 3. The highest BCUT2D eigenvalue weighted by atomic mass is 79.9. The van der Waals surface area contributed by atoms with Gasteiger partial charge in [0.25, 0.3) is 0 Å². The predicted octanol–water partition coefficient (Wildman–Crippen LogP) is 4.77. The summed E-state index contributed by atoms with van der Waals surface area (Å²) in [5, 5.41) is -5.05. The van der Waals surface area contributed by atoms with E-state index < -0.39 is 19.9 Å². The van der Waals surface area contributed by atoms with E-state index in [4.69, 9.17) is 0 Å². The van der Waals surface area contributed by atoms with Crippen molar-refractivity contribution in [1.29, 1.82) is 0 Å². The second-order valence-corrected chi connectivity index (χ2v) is 5.78. The minimum Gasteiger partial charge on any atom is -0.216 e. The molecule has 0 radical (unpaired) electrons. The van der Waals surface area contributed by atoms with Gasteiger partial charge in [0.05, 0.1) is 0 Å². The van der Waals surface area contributed by atoms with E-state index in [9.17, 15) is 26.3 Å². The van der Waals surface area contributed by atoms with Crippen molar-refractivity contribution in [3.05, 3.63) is 0 Å². The first-order valence-electron chi connectivity index (χ1n) is 2.64. The van der Waals surface area contributed by atoms with Crippen LogP contribution in [-0.4, -0.2) is 19.9 Å². The Bertz CT molecular complexity index is 195. The molecule has 0 rings (SSSR count). The summed E-state index contributed by atoms with van der Waals surface area (Å²) in [6, 6.07) is 0. The molecule has 14 heavy (non-hydrogen) atoms. The molecular weight excluding hydrogens is 393 g/mol. The van der Waals surface area contributed by atoms with Crippen LogP contribution in [0.5, 0.6) is 0 Å². The minimum atomic E-state index is -5.30. The third kappa shape index (κ3) is 2.44. The summed E-state index contributed by atoms with van der Waals surface area (Å²) >= 11 is 11.2. The lowest BCUT2D eigenvalue weighted by Gasteiger charge is -2.34. The lowest BCUT2D eigenvalue weighted by molar-refractivity contribution is -0.183. The van der Waals surface area contributed by atoms with Gasteiger partial charge in [-0.05, 0) is 43.5 Å². The molecule has 0 heterocycles. The summed E-state index contributed by atoms with van der Waals surface area (Å²) in [5.41, 5.74) is 0. The van der Waals surface area contributed by atoms with Crippen LogP contribution in [0, 0.1) is 0 Å². The highest BCUT2D eigenvalue weighted by Crippen LogP contribution is 2.58. The van der Waals surface area contributed by atoms with Gasteiger partial charge in [-0.2, -0.15) is 17.6 Å². The zero-order chi connectivity index (χ0) is 12.0. The SMILES string of the molecule is FC(F)(Cl)[C@](F)(Br)C(F)(F)[C@](F)(Cl)Br. The zero-order valence-electron chi connectivity index (χ0n) is 5.78. The molecule has 0 aromatic rings. The van der Waals surface area contributed by atoms with E-state index in [1.54, 1.807) is 0 Å². The van der Waals surface area contributed by atoms with Gasteiger partial charge in [-0.3, -0.25) is 0 Å². The minimum absolute atomic E-state index is 1.31. The second-order valence-electron chi connectivity index (χ2n) is 2.14. The van der Waals surface area contributed by atoms with Gasteiger partial charge >= 0.3 is 19.9 Å². The Balaban J connectivity index is 5.30. The molecule has 0 saturated heterocycles. The van der Waals surface area contributed by atoms with Crippen LogP contribution < -0.4 is 0 Å². The van der Waals surface area contributed by atoms with E-state index in [1.807, 2.05) is 0 Å². The molecule has 86 valence electrons. The Hall–Kier alpha value is 1.12. The van der Waals surface area contributed by atoms with Gasteiger partial charge in [0.15, 0.2) is 0 Å². The molecule has 0 aromatic heterocycles. The highest BCUT2D eigenvalue weighted by Gasteiger charge is 2.76. The van der Waals surface area contributed by atoms with Crippen molar-refractivity contribution >= 4 is 55.1 Å². The largest absolute Gasteiger partial charge is 0.371 e. The first kappa shape index (κ1) is 15.1. The van der Waals surface area contributed by atoms with Crippen molar-refractivity contribution in [2.75, 3.05) is 0 Å². The average molecular weight is 393 g/mol. The van der Waals surface area contributed by atoms with E-state index in [0.717, 1.165) is 0 Å². The average Bonchev–Trinajstić information content (AvgIpc) is 1.81. The molecule has 0 fully saturated rings. The summed E-state index contributed by atoms with van der Waals surface area (Å²) < 4.78 is 65.9. The van der Waals surface area contributed by atoms with Crippen LogP contribution in [0.25, 0.3) is 0 Å². The topological polar surface area (TPSA) is 0 Å². The third-order valence-corrected chi connectivity index (χ3v) is 3.33. The van der Waals surface area contributed by atoms with Crippen molar-refractivity contribution in [1.82, 2.24) is 0 Å². The van der Waals surface area contributed by atoms with Crippen molar-refractivity contribution in [3.8, 4) is 0 Å². The Morgan fingerprint density at radius 3 is 1.14 bits per heavy atom. The van der Waals surface area contributed by atoms with Gasteiger partial charge < -0.3 is 0 Å². The van der Waals surface area contributed by atoms with Gasteiger partial charge in [0.1, 0.15) is 0 Å². The molecule has 0 bridgehead atoms. The van der Waals surface area contributed by atoms with Gasteiger partial charge in [-0.15, -0.1) is 0 Å². The lowest BCUT2D eigenvalue weighted by atomic mass is 10.2. The fourth-order valence-electron chi connectivity index (χ4n) is 0.356. The molecule has 0 nitrogen and oxygen atoms in total. The summed E-state index contributed by atoms with van der Waals surface area (Å²) in [6.45, 7) is 0. The molecule has 2 atom stereocenters. The van der Waals surface area contributed by atoms with E-state index in [0.29, 0.717) is 0 Å². The van der Waals surface area contributed by atoms with Crippen LogP contribution in [0.4, 0.5) is 26.3 Å². The second kappa shape index (κ2) is 3.85. The van der Waals surface area contributed by atoms with Gasteiger partial charge in [-0.25, -0.2) is 8.78 Å². The zero-order valence-corrected chi connectivity index (χ0v) is 10.5. The van der Waals surface area contributed by atoms with E-state index >= 15 is 0 Å². The van der Waals surface area contributed by atoms with E-state index in [2.05, 4.69) is 23.2 Å². The molecule has 0 aliphatic carbocycles. The molecule has 0 N–H and O–H groups in total. The number of hydrogen-bond donors (Lipinski definition) is 0. The van der Waals surface area contributed by atoms with E-state index in [1.165, 1.54) is 31.9 Å². The van der Waals surface area contributed by atoms with Gasteiger partial charge in [0, 0.05) is 0 Å². The fraction of sp³-hybridized carbons (Fsp3) is 1.00. The lowest BCUT2D eigenvalue weighted by Crippen LogP contribution is -2.56. The molecule has 0 unspecified atom stereocenters. The molecule has 0 aliphatic heterocycles.